The monoisotopic (exact) mass is 327 g/mol. The van der Waals surface area contributed by atoms with Gasteiger partial charge < -0.3 is 19.7 Å². The highest BCUT2D eigenvalue weighted by atomic mass is 16.5. The van der Waals surface area contributed by atoms with E-state index in [0.29, 0.717) is 24.5 Å². The summed E-state index contributed by atoms with van der Waals surface area (Å²) < 4.78 is 5.83. The normalized spacial score (nSPS) is 26.4. The van der Waals surface area contributed by atoms with Crippen LogP contribution in [0.2, 0.25) is 0 Å². The second kappa shape index (κ2) is 6.37. The second-order valence-electron chi connectivity index (χ2n) is 6.48. The molecule has 1 aromatic carbocycles. The molecule has 2 aliphatic rings. The summed E-state index contributed by atoms with van der Waals surface area (Å²) >= 11 is 0. The smallest absolute Gasteiger partial charge is 0.255 e. The summed E-state index contributed by atoms with van der Waals surface area (Å²) in [4.78, 5) is 22.5. The number of aromatic nitrogens is 2. The number of aliphatic hydroxyl groups excluding tert-OH is 1. The highest BCUT2D eigenvalue weighted by Crippen LogP contribution is 2.35. The number of nitrogens with one attached hydrogen (secondary N) is 1. The van der Waals surface area contributed by atoms with Crippen LogP contribution < -0.4 is 0 Å². The number of morpholine rings is 1. The molecule has 4 rings (SSSR count). The molecule has 24 heavy (non-hydrogen) atoms. The lowest BCUT2D eigenvalue weighted by atomic mass is 10.0. The molecule has 2 fully saturated rings. The van der Waals surface area contributed by atoms with E-state index in [1.54, 1.807) is 12.4 Å². The zero-order valence-electron chi connectivity index (χ0n) is 13.4. The van der Waals surface area contributed by atoms with E-state index in [2.05, 4.69) is 9.97 Å². The second-order valence-corrected chi connectivity index (χ2v) is 6.48. The van der Waals surface area contributed by atoms with Gasteiger partial charge in [-0.1, -0.05) is 18.2 Å². The van der Waals surface area contributed by atoms with Crippen molar-refractivity contribution in [3.63, 3.8) is 0 Å². The number of fused-ring (bicyclic) bond motifs is 1. The summed E-state index contributed by atoms with van der Waals surface area (Å²) in [5.74, 6) is 0.927. The van der Waals surface area contributed by atoms with Gasteiger partial charge in [0.2, 0.25) is 0 Å². The molecule has 1 saturated heterocycles. The molecule has 0 radical (unpaired) electrons. The minimum absolute atomic E-state index is 0.0129. The number of ether oxygens (including phenoxy) is 1. The van der Waals surface area contributed by atoms with E-state index in [-0.39, 0.29) is 30.6 Å². The van der Waals surface area contributed by atoms with Gasteiger partial charge in [-0.2, -0.15) is 0 Å². The molecule has 2 N–H and O–H groups in total. The fourth-order valence-electron chi connectivity index (χ4n) is 3.90. The van der Waals surface area contributed by atoms with E-state index in [9.17, 15) is 9.90 Å². The minimum atomic E-state index is 0.0129. The molecule has 1 aromatic heterocycles. The Morgan fingerprint density at radius 2 is 2.25 bits per heavy atom. The van der Waals surface area contributed by atoms with Crippen LogP contribution in [0, 0.1) is 5.92 Å². The third-order valence-electron chi connectivity index (χ3n) is 5.06. The maximum absolute atomic E-state index is 13.2. The highest BCUT2D eigenvalue weighted by molar-refractivity contribution is 6.00. The molecule has 2 heterocycles. The van der Waals surface area contributed by atoms with E-state index < -0.39 is 0 Å². The number of carbonyl (C=O) groups excluding carboxylic acids is 1. The number of amides is 1. The molecule has 0 spiro atoms. The number of aliphatic hydroxyl groups is 1. The van der Waals surface area contributed by atoms with Gasteiger partial charge in [0.1, 0.15) is 5.82 Å². The Morgan fingerprint density at radius 1 is 1.38 bits per heavy atom. The molecule has 6 heteroatoms. The Bertz CT molecular complexity index is 716. The fourth-order valence-corrected chi connectivity index (χ4v) is 3.90. The molecule has 1 saturated carbocycles. The average Bonchev–Trinajstić information content (AvgIpc) is 3.29. The maximum Gasteiger partial charge on any atom is 0.255 e. The van der Waals surface area contributed by atoms with Crippen molar-refractivity contribution in [3.8, 4) is 11.4 Å². The van der Waals surface area contributed by atoms with E-state index in [4.69, 9.17) is 4.74 Å². The van der Waals surface area contributed by atoms with Gasteiger partial charge in [0, 0.05) is 31.1 Å². The number of carbonyl (C=O) groups is 1. The van der Waals surface area contributed by atoms with E-state index in [1.807, 2.05) is 29.2 Å². The molecule has 126 valence electrons. The molecular formula is C18H21N3O3. The number of aromatic amines is 1. The van der Waals surface area contributed by atoms with E-state index in [1.165, 1.54) is 0 Å². The Balaban J connectivity index is 1.64. The van der Waals surface area contributed by atoms with Crippen LogP contribution in [0.15, 0.2) is 36.7 Å². The highest BCUT2D eigenvalue weighted by Gasteiger charge is 2.43. The Labute approximate surface area is 140 Å². The van der Waals surface area contributed by atoms with Gasteiger partial charge in [-0.05, 0) is 24.8 Å². The fraction of sp³-hybridized carbons (Fsp3) is 0.444. The number of H-pyrrole nitrogens is 1. The van der Waals surface area contributed by atoms with Gasteiger partial charge >= 0.3 is 0 Å². The minimum Gasteiger partial charge on any atom is -0.396 e. The van der Waals surface area contributed by atoms with Gasteiger partial charge in [0.05, 0.1) is 24.3 Å². The van der Waals surface area contributed by atoms with Gasteiger partial charge in [0.15, 0.2) is 0 Å². The van der Waals surface area contributed by atoms with Crippen LogP contribution in [-0.2, 0) is 4.74 Å². The van der Waals surface area contributed by atoms with Crippen molar-refractivity contribution in [1.82, 2.24) is 14.9 Å². The zero-order chi connectivity index (χ0) is 16.5. The summed E-state index contributed by atoms with van der Waals surface area (Å²) in [6.07, 6.45) is 5.10. The number of hydrogen-bond acceptors (Lipinski definition) is 4. The van der Waals surface area contributed by atoms with Crippen molar-refractivity contribution < 1.29 is 14.6 Å². The molecule has 0 unspecified atom stereocenters. The molecule has 6 nitrogen and oxygen atoms in total. The third-order valence-corrected chi connectivity index (χ3v) is 5.06. The third kappa shape index (κ3) is 2.61. The first-order valence-electron chi connectivity index (χ1n) is 8.40. The average molecular weight is 327 g/mol. The summed E-state index contributed by atoms with van der Waals surface area (Å²) in [6.45, 7) is 1.29. The van der Waals surface area contributed by atoms with Crippen molar-refractivity contribution in [2.24, 2.45) is 5.92 Å². The van der Waals surface area contributed by atoms with Gasteiger partial charge in [0.25, 0.3) is 5.91 Å². The molecule has 0 bridgehead atoms. The van der Waals surface area contributed by atoms with Crippen molar-refractivity contribution in [2.75, 3.05) is 19.8 Å². The predicted octanol–water partition coefficient (Wildman–Crippen LogP) is 1.69. The van der Waals surface area contributed by atoms with E-state index in [0.717, 1.165) is 18.4 Å². The quantitative estimate of drug-likeness (QED) is 0.899. The van der Waals surface area contributed by atoms with Crippen molar-refractivity contribution >= 4 is 5.91 Å². The van der Waals surface area contributed by atoms with Gasteiger partial charge in [-0.15, -0.1) is 0 Å². The van der Waals surface area contributed by atoms with Crippen molar-refractivity contribution in [3.05, 3.63) is 42.2 Å². The van der Waals surface area contributed by atoms with Crippen molar-refractivity contribution in [1.29, 1.82) is 0 Å². The Kier molecular flexibility index (Phi) is 4.08. The van der Waals surface area contributed by atoms with Gasteiger partial charge in [-0.3, -0.25) is 4.79 Å². The number of imidazole rings is 1. The lowest BCUT2D eigenvalue weighted by Gasteiger charge is -2.38. The topological polar surface area (TPSA) is 78.5 Å². The SMILES string of the molecule is O=C(c1ccccc1-c1ncc[nH]1)N1CCO[C@H]2C[C@H](CO)C[C@@H]21. The summed E-state index contributed by atoms with van der Waals surface area (Å²) in [5.41, 5.74) is 1.47. The molecule has 3 atom stereocenters. The Hall–Kier alpha value is -2.18. The first-order valence-corrected chi connectivity index (χ1v) is 8.40. The van der Waals surface area contributed by atoms with Crippen LogP contribution in [0.25, 0.3) is 11.4 Å². The first-order chi connectivity index (χ1) is 11.8. The lowest BCUT2D eigenvalue weighted by Crippen LogP contribution is -2.51. The van der Waals surface area contributed by atoms with E-state index >= 15 is 0 Å². The first kappa shape index (κ1) is 15.4. The molecule has 2 aromatic rings. The molecular weight excluding hydrogens is 306 g/mol. The summed E-state index contributed by atoms with van der Waals surface area (Å²) in [7, 11) is 0. The zero-order valence-corrected chi connectivity index (χ0v) is 13.4. The van der Waals surface area contributed by atoms with Crippen LogP contribution in [0.4, 0.5) is 0 Å². The predicted molar refractivity (Wildman–Crippen MR) is 88.4 cm³/mol. The number of rotatable bonds is 3. The van der Waals surface area contributed by atoms with Crippen LogP contribution in [0.5, 0.6) is 0 Å². The van der Waals surface area contributed by atoms with Crippen LogP contribution in [0.3, 0.4) is 0 Å². The summed E-state index contributed by atoms with van der Waals surface area (Å²) in [6, 6.07) is 7.60. The van der Waals surface area contributed by atoms with Crippen molar-refractivity contribution in [2.45, 2.75) is 25.0 Å². The summed E-state index contributed by atoms with van der Waals surface area (Å²) in [5, 5.41) is 9.45. The molecule has 1 aliphatic carbocycles. The largest absolute Gasteiger partial charge is 0.396 e. The molecule has 1 amide bonds. The number of hydrogen-bond donors (Lipinski definition) is 2. The molecule has 1 aliphatic heterocycles. The maximum atomic E-state index is 13.2. The lowest BCUT2D eigenvalue weighted by molar-refractivity contribution is -0.0448. The van der Waals surface area contributed by atoms with Crippen LogP contribution in [-0.4, -0.2) is 57.8 Å². The standard InChI is InChI=1S/C18H21N3O3/c22-11-12-9-15-16(10-12)24-8-7-21(15)18(23)14-4-2-1-3-13(14)17-19-5-6-20-17/h1-6,12,15-16,22H,7-11H2,(H,19,20)/t12-,15+,16+/m1/s1. The van der Waals surface area contributed by atoms with Crippen LogP contribution >= 0.6 is 0 Å². The Morgan fingerprint density at radius 3 is 3.04 bits per heavy atom. The number of nitrogens with zero attached hydrogens (tertiary/aromatic N) is 2. The number of benzene rings is 1. The van der Waals surface area contributed by atoms with Gasteiger partial charge in [-0.25, -0.2) is 4.98 Å². The van der Waals surface area contributed by atoms with Crippen LogP contribution in [0.1, 0.15) is 23.2 Å².